The Bertz CT molecular complexity index is 615. The van der Waals surface area contributed by atoms with Crippen molar-refractivity contribution in [1.82, 2.24) is 5.16 Å². The summed E-state index contributed by atoms with van der Waals surface area (Å²) in [5.41, 5.74) is 8.27. The second-order valence-corrected chi connectivity index (χ2v) is 5.67. The molecule has 0 saturated heterocycles. The number of anilines is 1. The lowest BCUT2D eigenvalue weighted by molar-refractivity contribution is -0.0717. The molecule has 1 fully saturated rings. The van der Waals surface area contributed by atoms with Gasteiger partial charge in [-0.15, -0.1) is 0 Å². The van der Waals surface area contributed by atoms with Crippen molar-refractivity contribution in [2.24, 2.45) is 0 Å². The molecule has 1 saturated carbocycles. The van der Waals surface area contributed by atoms with Crippen molar-refractivity contribution < 1.29 is 9.26 Å². The number of rotatable bonds is 4. The van der Waals surface area contributed by atoms with E-state index in [2.05, 4.69) is 5.16 Å². The van der Waals surface area contributed by atoms with Crippen molar-refractivity contribution in [3.8, 4) is 11.1 Å². The fourth-order valence-electron chi connectivity index (χ4n) is 2.74. The number of nitrogen functional groups attached to an aromatic ring is 1. The molecule has 106 valence electrons. The maximum Gasteiger partial charge on any atom is 0.230 e. The predicted octanol–water partition coefficient (Wildman–Crippen LogP) is 3.69. The molecule has 3 rings (SSSR count). The van der Waals surface area contributed by atoms with Gasteiger partial charge in [0, 0.05) is 24.1 Å². The number of hydrogen-bond donors (Lipinski definition) is 1. The largest absolute Gasteiger partial charge is 0.378 e. The fraction of sp³-hybridized carbons (Fsp3) is 0.400. The first-order chi connectivity index (χ1) is 9.65. The van der Waals surface area contributed by atoms with E-state index < -0.39 is 0 Å². The van der Waals surface area contributed by atoms with E-state index in [9.17, 15) is 0 Å². The first-order valence-electron chi connectivity index (χ1n) is 6.69. The highest BCUT2D eigenvalue weighted by Gasteiger charge is 2.39. The number of benzene rings is 1. The molecule has 0 unspecified atom stereocenters. The lowest BCUT2D eigenvalue weighted by atomic mass is 9.76. The zero-order valence-corrected chi connectivity index (χ0v) is 12.1. The number of halogens is 1. The van der Waals surface area contributed by atoms with Crippen LogP contribution < -0.4 is 5.73 Å². The van der Waals surface area contributed by atoms with E-state index in [1.807, 2.05) is 24.3 Å². The first-order valence-corrected chi connectivity index (χ1v) is 7.07. The van der Waals surface area contributed by atoms with Gasteiger partial charge in [-0.2, -0.15) is 0 Å². The van der Waals surface area contributed by atoms with Crippen molar-refractivity contribution >= 4 is 17.5 Å². The van der Waals surface area contributed by atoms with Gasteiger partial charge in [0.1, 0.15) is 0 Å². The topological polar surface area (TPSA) is 61.3 Å². The molecule has 1 aromatic carbocycles. The van der Waals surface area contributed by atoms with Crippen LogP contribution in [-0.4, -0.2) is 17.9 Å². The zero-order valence-electron chi connectivity index (χ0n) is 11.4. The van der Waals surface area contributed by atoms with Crippen molar-refractivity contribution in [2.75, 3.05) is 12.8 Å². The molecular formula is C15H17ClN2O2. The molecule has 1 heterocycles. The van der Waals surface area contributed by atoms with E-state index in [1.165, 1.54) is 6.42 Å². The van der Waals surface area contributed by atoms with Gasteiger partial charge in [-0.1, -0.05) is 35.0 Å². The van der Waals surface area contributed by atoms with Crippen LogP contribution in [0.1, 0.15) is 25.0 Å². The van der Waals surface area contributed by atoms with E-state index in [-0.39, 0.29) is 5.60 Å². The Morgan fingerprint density at radius 2 is 2.15 bits per heavy atom. The maximum absolute atomic E-state index is 6.26. The Balaban J connectivity index is 2.00. The summed E-state index contributed by atoms with van der Waals surface area (Å²) in [6.45, 7) is 0. The van der Waals surface area contributed by atoms with E-state index in [1.54, 1.807) is 7.11 Å². The van der Waals surface area contributed by atoms with Crippen LogP contribution in [0.5, 0.6) is 0 Å². The van der Waals surface area contributed by atoms with Gasteiger partial charge >= 0.3 is 0 Å². The van der Waals surface area contributed by atoms with Crippen LogP contribution in [0, 0.1) is 0 Å². The number of aromatic nitrogens is 1. The second kappa shape index (κ2) is 5.11. The van der Waals surface area contributed by atoms with Crippen molar-refractivity contribution in [1.29, 1.82) is 0 Å². The van der Waals surface area contributed by atoms with Crippen molar-refractivity contribution in [3.63, 3.8) is 0 Å². The number of nitrogens with zero attached hydrogens (tertiary/aromatic N) is 1. The molecule has 0 bridgehead atoms. The molecule has 0 aliphatic heterocycles. The van der Waals surface area contributed by atoms with Gasteiger partial charge in [-0.25, -0.2) is 0 Å². The van der Waals surface area contributed by atoms with Crippen LogP contribution >= 0.6 is 11.6 Å². The van der Waals surface area contributed by atoms with E-state index in [0.29, 0.717) is 17.3 Å². The molecular weight excluding hydrogens is 276 g/mol. The molecule has 4 nitrogen and oxygen atoms in total. The Labute approximate surface area is 122 Å². The highest BCUT2D eigenvalue weighted by atomic mass is 35.5. The predicted molar refractivity (Wildman–Crippen MR) is 78.7 cm³/mol. The van der Waals surface area contributed by atoms with Gasteiger partial charge in [0.15, 0.2) is 0 Å². The second-order valence-electron chi connectivity index (χ2n) is 5.27. The standard InChI is InChI=1S/C15H17ClN2O2/c1-19-15(7-4-8-15)9-12-13(14(17)20-18-12)10-5-2-3-6-11(10)16/h2-3,5-6H,4,7-9,17H2,1H3. The lowest BCUT2D eigenvalue weighted by Gasteiger charge is -2.40. The number of ether oxygens (including phenoxy) is 1. The molecule has 0 atom stereocenters. The average molecular weight is 293 g/mol. The summed E-state index contributed by atoms with van der Waals surface area (Å²) in [6.07, 6.45) is 3.96. The van der Waals surface area contributed by atoms with Crippen LogP contribution in [-0.2, 0) is 11.2 Å². The molecule has 2 N–H and O–H groups in total. The van der Waals surface area contributed by atoms with Gasteiger partial charge in [0.05, 0.1) is 16.9 Å². The number of methoxy groups -OCH3 is 1. The molecule has 2 aromatic rings. The zero-order chi connectivity index (χ0) is 14.2. The molecule has 1 aliphatic rings. The summed E-state index contributed by atoms with van der Waals surface area (Å²) in [7, 11) is 1.75. The molecule has 1 aliphatic carbocycles. The SMILES string of the molecule is COC1(Cc2noc(N)c2-c2ccccc2Cl)CCC1. The third kappa shape index (κ3) is 2.19. The minimum Gasteiger partial charge on any atom is -0.378 e. The molecule has 0 amide bonds. The lowest BCUT2D eigenvalue weighted by Crippen LogP contribution is -2.41. The maximum atomic E-state index is 6.26. The molecule has 0 spiro atoms. The third-order valence-corrected chi connectivity index (χ3v) is 4.45. The minimum atomic E-state index is -0.126. The summed E-state index contributed by atoms with van der Waals surface area (Å²) >= 11 is 6.26. The summed E-state index contributed by atoms with van der Waals surface area (Å²) in [4.78, 5) is 0. The van der Waals surface area contributed by atoms with Crippen molar-refractivity contribution in [2.45, 2.75) is 31.3 Å². The number of nitrogens with two attached hydrogens (primary N) is 1. The smallest absolute Gasteiger partial charge is 0.230 e. The van der Waals surface area contributed by atoms with E-state index in [0.717, 1.165) is 29.7 Å². The molecule has 5 heteroatoms. The van der Waals surface area contributed by atoms with Crippen LogP contribution in [0.15, 0.2) is 28.8 Å². The Morgan fingerprint density at radius 3 is 2.75 bits per heavy atom. The van der Waals surface area contributed by atoms with Gasteiger partial charge < -0.3 is 15.0 Å². The van der Waals surface area contributed by atoms with Crippen molar-refractivity contribution in [3.05, 3.63) is 35.0 Å². The van der Waals surface area contributed by atoms with Gasteiger partial charge in [0.2, 0.25) is 5.88 Å². The van der Waals surface area contributed by atoms with Crippen LogP contribution in [0.2, 0.25) is 5.02 Å². The summed E-state index contributed by atoms with van der Waals surface area (Å²) in [5.74, 6) is 0.304. The highest BCUT2D eigenvalue weighted by molar-refractivity contribution is 6.33. The molecule has 20 heavy (non-hydrogen) atoms. The molecule has 1 aromatic heterocycles. The summed E-state index contributed by atoms with van der Waals surface area (Å²) in [5, 5.41) is 4.75. The number of hydrogen-bond acceptors (Lipinski definition) is 4. The average Bonchev–Trinajstić information content (AvgIpc) is 2.76. The Morgan fingerprint density at radius 1 is 1.40 bits per heavy atom. The monoisotopic (exact) mass is 292 g/mol. The minimum absolute atomic E-state index is 0.126. The highest BCUT2D eigenvalue weighted by Crippen LogP contribution is 2.42. The van der Waals surface area contributed by atoms with Crippen LogP contribution in [0.4, 0.5) is 5.88 Å². The van der Waals surface area contributed by atoms with Gasteiger partial charge in [-0.05, 0) is 25.3 Å². The fourth-order valence-corrected chi connectivity index (χ4v) is 2.97. The Hall–Kier alpha value is -1.52. The molecule has 0 radical (unpaired) electrons. The Kier molecular flexibility index (Phi) is 3.44. The summed E-state index contributed by atoms with van der Waals surface area (Å²) in [6, 6.07) is 7.57. The normalized spacial score (nSPS) is 16.9. The van der Waals surface area contributed by atoms with Gasteiger partial charge in [0.25, 0.3) is 0 Å². The van der Waals surface area contributed by atoms with Crippen LogP contribution in [0.3, 0.4) is 0 Å². The van der Waals surface area contributed by atoms with Crippen LogP contribution in [0.25, 0.3) is 11.1 Å². The van der Waals surface area contributed by atoms with Gasteiger partial charge in [-0.3, -0.25) is 0 Å². The van der Waals surface area contributed by atoms with E-state index >= 15 is 0 Å². The third-order valence-electron chi connectivity index (χ3n) is 4.12. The quantitative estimate of drug-likeness (QED) is 0.933. The first kappa shape index (κ1) is 13.5. The summed E-state index contributed by atoms with van der Waals surface area (Å²) < 4.78 is 10.8. The van der Waals surface area contributed by atoms with E-state index in [4.69, 9.17) is 26.6 Å².